The predicted molar refractivity (Wildman–Crippen MR) is 106 cm³/mol. The van der Waals surface area contributed by atoms with Crippen molar-refractivity contribution in [1.82, 2.24) is 4.57 Å². The number of amides is 1. The SMILES string of the molecule is COc1cc(OC)cc(C(=O)N=c2sc3c(C)cc(C)cc3n2CC(=O)O)c1. The number of fused-ring (bicyclic) bond motifs is 1. The van der Waals surface area contributed by atoms with Crippen LogP contribution in [0.1, 0.15) is 21.5 Å². The van der Waals surface area contributed by atoms with Crippen LogP contribution in [0.4, 0.5) is 0 Å². The van der Waals surface area contributed by atoms with Gasteiger partial charge in [-0.25, -0.2) is 0 Å². The smallest absolute Gasteiger partial charge is 0.323 e. The number of carbonyl (C=O) groups is 2. The molecule has 2 aromatic carbocycles. The minimum absolute atomic E-state index is 0.281. The third kappa shape index (κ3) is 3.91. The molecule has 0 aliphatic heterocycles. The summed E-state index contributed by atoms with van der Waals surface area (Å²) in [7, 11) is 3.00. The molecule has 3 aromatic rings. The molecule has 1 heterocycles. The molecule has 0 radical (unpaired) electrons. The normalized spacial score (nSPS) is 11.6. The number of carbonyl (C=O) groups excluding carboxylic acids is 1. The van der Waals surface area contributed by atoms with Crippen molar-refractivity contribution in [1.29, 1.82) is 0 Å². The Kier molecular flexibility index (Phi) is 5.51. The Bertz CT molecular complexity index is 1120. The number of thiazole rings is 1. The molecule has 0 atom stereocenters. The molecule has 0 spiro atoms. The van der Waals surface area contributed by atoms with Gasteiger partial charge in [0.15, 0.2) is 4.80 Å². The summed E-state index contributed by atoms with van der Waals surface area (Å²) in [5.74, 6) is -0.564. The maximum atomic E-state index is 12.8. The van der Waals surface area contributed by atoms with Gasteiger partial charge in [0.05, 0.1) is 24.4 Å². The number of aliphatic carboxylic acids is 1. The molecule has 7 nitrogen and oxygen atoms in total. The second kappa shape index (κ2) is 7.85. The molecule has 1 amide bonds. The van der Waals surface area contributed by atoms with E-state index in [0.717, 1.165) is 21.3 Å². The lowest BCUT2D eigenvalue weighted by Gasteiger charge is -2.06. The summed E-state index contributed by atoms with van der Waals surface area (Å²) in [5.41, 5.74) is 3.07. The summed E-state index contributed by atoms with van der Waals surface area (Å²) in [6.45, 7) is 3.62. The van der Waals surface area contributed by atoms with E-state index in [1.165, 1.54) is 25.6 Å². The van der Waals surface area contributed by atoms with Gasteiger partial charge in [0.2, 0.25) is 0 Å². The number of methoxy groups -OCH3 is 2. The van der Waals surface area contributed by atoms with E-state index < -0.39 is 11.9 Å². The Morgan fingerprint density at radius 1 is 1.07 bits per heavy atom. The van der Waals surface area contributed by atoms with Crippen molar-refractivity contribution in [2.75, 3.05) is 14.2 Å². The lowest BCUT2D eigenvalue weighted by molar-refractivity contribution is -0.137. The predicted octanol–water partition coefficient (Wildman–Crippen LogP) is 3.16. The van der Waals surface area contributed by atoms with Crippen LogP contribution in [0.25, 0.3) is 10.2 Å². The number of carboxylic acids is 1. The van der Waals surface area contributed by atoms with E-state index in [0.29, 0.717) is 21.9 Å². The van der Waals surface area contributed by atoms with Gasteiger partial charge < -0.3 is 19.1 Å². The van der Waals surface area contributed by atoms with Gasteiger partial charge in [-0.2, -0.15) is 4.99 Å². The van der Waals surface area contributed by atoms with Gasteiger partial charge in [0, 0.05) is 11.6 Å². The van der Waals surface area contributed by atoms with Gasteiger partial charge in [-0.05, 0) is 43.2 Å². The molecular weight excluding hydrogens is 380 g/mol. The average Bonchev–Trinajstić information content (AvgIpc) is 2.98. The Morgan fingerprint density at radius 2 is 1.71 bits per heavy atom. The van der Waals surface area contributed by atoms with Gasteiger partial charge in [0.1, 0.15) is 18.0 Å². The number of aryl methyl sites for hydroxylation is 2. The molecule has 1 aromatic heterocycles. The van der Waals surface area contributed by atoms with Crippen LogP contribution in [0.2, 0.25) is 0 Å². The number of aromatic nitrogens is 1. The van der Waals surface area contributed by atoms with Gasteiger partial charge >= 0.3 is 5.97 Å². The molecule has 0 saturated carbocycles. The molecule has 0 aliphatic carbocycles. The molecule has 0 fully saturated rings. The topological polar surface area (TPSA) is 90.1 Å². The average molecular weight is 400 g/mol. The second-order valence-corrected chi connectivity index (χ2v) is 7.29. The first-order chi connectivity index (χ1) is 13.3. The van der Waals surface area contributed by atoms with Crippen LogP contribution < -0.4 is 14.3 Å². The zero-order valence-corrected chi connectivity index (χ0v) is 16.8. The van der Waals surface area contributed by atoms with Crippen LogP contribution >= 0.6 is 11.3 Å². The van der Waals surface area contributed by atoms with Crippen LogP contribution in [0.5, 0.6) is 11.5 Å². The lowest BCUT2D eigenvalue weighted by Crippen LogP contribution is -2.21. The highest BCUT2D eigenvalue weighted by atomic mass is 32.1. The standard InChI is InChI=1S/C20H20N2O5S/c1-11-5-12(2)18-16(6-11)22(10-17(23)24)20(28-18)21-19(25)13-7-14(26-3)9-15(8-13)27-4/h5-9H,10H2,1-4H3,(H,23,24). The molecule has 0 bridgehead atoms. The number of nitrogens with zero attached hydrogens (tertiary/aromatic N) is 2. The molecule has 1 N–H and O–H groups in total. The summed E-state index contributed by atoms with van der Waals surface area (Å²) in [5, 5.41) is 9.32. The summed E-state index contributed by atoms with van der Waals surface area (Å²) in [6, 6.07) is 8.71. The van der Waals surface area contributed by atoms with Crippen LogP contribution in [0.15, 0.2) is 35.3 Å². The second-order valence-electron chi connectivity index (χ2n) is 6.31. The van der Waals surface area contributed by atoms with Crippen molar-refractivity contribution < 1.29 is 24.2 Å². The van der Waals surface area contributed by atoms with E-state index in [1.54, 1.807) is 22.8 Å². The first-order valence-corrected chi connectivity index (χ1v) is 9.28. The van der Waals surface area contributed by atoms with E-state index in [4.69, 9.17) is 9.47 Å². The largest absolute Gasteiger partial charge is 0.497 e. The van der Waals surface area contributed by atoms with Gasteiger partial charge in [-0.1, -0.05) is 17.4 Å². The molecule has 0 unspecified atom stereocenters. The van der Waals surface area contributed by atoms with Crippen LogP contribution in [-0.2, 0) is 11.3 Å². The third-order valence-electron chi connectivity index (χ3n) is 4.20. The Morgan fingerprint density at radius 3 is 2.29 bits per heavy atom. The number of benzene rings is 2. The van der Waals surface area contributed by atoms with Crippen LogP contribution in [0.3, 0.4) is 0 Å². The van der Waals surface area contributed by atoms with Crippen LogP contribution in [-0.4, -0.2) is 35.8 Å². The first-order valence-electron chi connectivity index (χ1n) is 8.47. The van der Waals surface area contributed by atoms with Crippen molar-refractivity contribution in [3.8, 4) is 11.5 Å². The van der Waals surface area contributed by atoms with Gasteiger partial charge in [-0.3, -0.25) is 9.59 Å². The fourth-order valence-electron chi connectivity index (χ4n) is 2.97. The van der Waals surface area contributed by atoms with Crippen LogP contribution in [0, 0.1) is 13.8 Å². The summed E-state index contributed by atoms with van der Waals surface area (Å²) in [4.78, 5) is 28.7. The minimum Gasteiger partial charge on any atom is -0.497 e. The monoisotopic (exact) mass is 400 g/mol. The van der Waals surface area contributed by atoms with Gasteiger partial charge in [0.25, 0.3) is 5.91 Å². The fourth-order valence-corrected chi connectivity index (χ4v) is 4.05. The number of hydrogen-bond acceptors (Lipinski definition) is 5. The molecule has 0 aliphatic rings. The van der Waals surface area contributed by atoms with E-state index >= 15 is 0 Å². The maximum absolute atomic E-state index is 12.8. The van der Waals surface area contributed by atoms with E-state index in [2.05, 4.69) is 4.99 Å². The van der Waals surface area contributed by atoms with Crippen molar-refractivity contribution >= 4 is 33.4 Å². The fraction of sp³-hybridized carbons (Fsp3) is 0.250. The summed E-state index contributed by atoms with van der Waals surface area (Å²) >= 11 is 1.29. The molecule has 0 saturated heterocycles. The Balaban J connectivity index is 2.19. The minimum atomic E-state index is -1.00. The van der Waals surface area contributed by atoms with E-state index in [9.17, 15) is 14.7 Å². The highest BCUT2D eigenvalue weighted by molar-refractivity contribution is 7.16. The number of ether oxygens (including phenoxy) is 2. The number of carboxylic acid groups (broad SMARTS) is 1. The first kappa shape index (κ1) is 19.6. The zero-order chi connectivity index (χ0) is 20.4. The molecule has 146 valence electrons. The Hall–Kier alpha value is -3.13. The number of hydrogen-bond donors (Lipinski definition) is 1. The third-order valence-corrected chi connectivity index (χ3v) is 5.43. The quantitative estimate of drug-likeness (QED) is 0.710. The Labute approximate surface area is 165 Å². The highest BCUT2D eigenvalue weighted by Gasteiger charge is 2.14. The van der Waals surface area contributed by atoms with Gasteiger partial charge in [-0.15, -0.1) is 0 Å². The molecular formula is C20H20N2O5S. The maximum Gasteiger partial charge on any atom is 0.323 e. The lowest BCUT2D eigenvalue weighted by atomic mass is 10.1. The number of rotatable bonds is 5. The van der Waals surface area contributed by atoms with E-state index in [-0.39, 0.29) is 6.54 Å². The summed E-state index contributed by atoms with van der Waals surface area (Å²) in [6.07, 6.45) is 0. The van der Waals surface area contributed by atoms with E-state index in [1.807, 2.05) is 26.0 Å². The highest BCUT2D eigenvalue weighted by Crippen LogP contribution is 2.25. The van der Waals surface area contributed by atoms with Crippen molar-refractivity contribution in [2.24, 2.45) is 4.99 Å². The summed E-state index contributed by atoms with van der Waals surface area (Å²) < 4.78 is 12.9. The van der Waals surface area contributed by atoms with Crippen molar-refractivity contribution in [2.45, 2.75) is 20.4 Å². The van der Waals surface area contributed by atoms with Crippen molar-refractivity contribution in [3.05, 3.63) is 51.8 Å². The molecule has 8 heteroatoms. The zero-order valence-electron chi connectivity index (χ0n) is 16.0. The molecule has 28 heavy (non-hydrogen) atoms. The van der Waals surface area contributed by atoms with Crippen molar-refractivity contribution in [3.63, 3.8) is 0 Å². The molecule has 3 rings (SSSR count).